The quantitative estimate of drug-likeness (QED) is 0.318. The maximum atomic E-state index is 3.97. The fourth-order valence-corrected chi connectivity index (χ4v) is 4.54. The van der Waals surface area contributed by atoms with E-state index < -0.39 is 0 Å². The Balaban J connectivity index is 0. The molecule has 126 valence electrons. The second kappa shape index (κ2) is 11.9. The van der Waals surface area contributed by atoms with Gasteiger partial charge in [-0.25, -0.2) is 0 Å². The van der Waals surface area contributed by atoms with E-state index in [0.29, 0.717) is 0 Å². The average molecular weight is 465 g/mol. The first kappa shape index (κ1) is 26.7. The van der Waals surface area contributed by atoms with Crippen LogP contribution in [0.1, 0.15) is 61.8 Å². The molecule has 0 aromatic rings. The molecule has 0 heterocycles. The molecule has 0 N–H and O–H groups in total. The van der Waals surface area contributed by atoms with Crippen LogP contribution in [-0.4, -0.2) is 0 Å². The SMILES string of the molecule is C=CCC1C(C)C(C)C2C(C)=C(C)C(C)=C(C)C12.C[CH-]C.[Y].[Y]. The molecule has 5 unspecified atom stereocenters. The van der Waals surface area contributed by atoms with Crippen LogP contribution in [0.5, 0.6) is 0 Å². The molecule has 5 atom stereocenters. The van der Waals surface area contributed by atoms with E-state index >= 15 is 0 Å². The zero-order valence-corrected chi connectivity index (χ0v) is 22.3. The third-order valence-corrected chi connectivity index (χ3v) is 6.10. The molecular weight excluding hydrogens is 430 g/mol. The summed E-state index contributed by atoms with van der Waals surface area (Å²) in [6.07, 6.45) is 5.29. The van der Waals surface area contributed by atoms with Gasteiger partial charge in [-0.05, 0) is 74.9 Å². The van der Waals surface area contributed by atoms with Crippen molar-refractivity contribution in [3.8, 4) is 0 Å². The van der Waals surface area contributed by atoms with Crippen LogP contribution in [0.15, 0.2) is 34.9 Å². The summed E-state index contributed by atoms with van der Waals surface area (Å²) in [6.45, 7) is 22.2. The summed E-state index contributed by atoms with van der Waals surface area (Å²) in [5, 5.41) is 0. The van der Waals surface area contributed by atoms with Gasteiger partial charge in [0.25, 0.3) is 0 Å². The summed E-state index contributed by atoms with van der Waals surface area (Å²) in [5.74, 6) is 3.94. The van der Waals surface area contributed by atoms with Crippen molar-refractivity contribution < 1.29 is 65.4 Å². The van der Waals surface area contributed by atoms with Crippen LogP contribution in [0.3, 0.4) is 0 Å². The van der Waals surface area contributed by atoms with Crippen molar-refractivity contribution >= 4 is 0 Å². The molecule has 0 aliphatic heterocycles. The Morgan fingerprint density at radius 2 is 1.26 bits per heavy atom. The molecule has 2 radical (unpaired) electrons. The number of allylic oxidation sites excluding steroid dienone is 5. The van der Waals surface area contributed by atoms with Gasteiger partial charge < -0.3 is 6.42 Å². The maximum absolute atomic E-state index is 3.97. The van der Waals surface area contributed by atoms with Gasteiger partial charge >= 0.3 is 0 Å². The number of hydrogen-bond acceptors (Lipinski definition) is 0. The van der Waals surface area contributed by atoms with Gasteiger partial charge in [-0.3, -0.25) is 0 Å². The van der Waals surface area contributed by atoms with E-state index in [9.17, 15) is 0 Å². The van der Waals surface area contributed by atoms with Gasteiger partial charge in [0, 0.05) is 65.4 Å². The molecule has 0 aromatic carbocycles. The number of hydrogen-bond donors (Lipinski definition) is 0. The van der Waals surface area contributed by atoms with Gasteiger partial charge in [-0.2, -0.15) is 13.8 Å². The minimum Gasteiger partial charge on any atom is -0.335 e. The Morgan fingerprint density at radius 3 is 1.65 bits per heavy atom. The van der Waals surface area contributed by atoms with Crippen molar-refractivity contribution in [2.45, 2.75) is 61.8 Å². The molecule has 2 rings (SSSR count). The van der Waals surface area contributed by atoms with Crippen LogP contribution in [0.4, 0.5) is 0 Å². The summed E-state index contributed by atoms with van der Waals surface area (Å²) in [6, 6.07) is 0. The van der Waals surface area contributed by atoms with E-state index in [1.54, 1.807) is 22.3 Å². The molecule has 0 spiro atoms. The molecule has 1 saturated carbocycles. The van der Waals surface area contributed by atoms with Crippen molar-refractivity contribution in [1.29, 1.82) is 0 Å². The third kappa shape index (κ3) is 5.45. The normalized spacial score (nSPS) is 32.3. The minimum absolute atomic E-state index is 0. The van der Waals surface area contributed by atoms with Gasteiger partial charge in [0.2, 0.25) is 0 Å². The molecule has 2 heteroatoms. The Morgan fingerprint density at radius 1 is 0.870 bits per heavy atom. The molecule has 0 nitrogen and oxygen atoms in total. The third-order valence-electron chi connectivity index (χ3n) is 6.10. The summed E-state index contributed by atoms with van der Waals surface area (Å²) >= 11 is 0. The topological polar surface area (TPSA) is 0 Å². The van der Waals surface area contributed by atoms with E-state index in [1.807, 2.05) is 20.3 Å². The van der Waals surface area contributed by atoms with Gasteiger partial charge in [0.05, 0.1) is 0 Å². The van der Waals surface area contributed by atoms with Crippen LogP contribution >= 0.6 is 0 Å². The second-order valence-corrected chi connectivity index (χ2v) is 7.15. The summed E-state index contributed by atoms with van der Waals surface area (Å²) in [4.78, 5) is 0. The first-order valence-corrected chi connectivity index (χ1v) is 8.53. The maximum Gasteiger partial charge on any atom is 0 e. The first-order valence-electron chi connectivity index (χ1n) is 8.53. The Bertz CT molecular complexity index is 445. The molecular formula is C21H35Y2-. The van der Waals surface area contributed by atoms with E-state index in [2.05, 4.69) is 54.2 Å². The Hall–Kier alpha value is 1.43. The van der Waals surface area contributed by atoms with Gasteiger partial charge in [0.15, 0.2) is 0 Å². The van der Waals surface area contributed by atoms with Gasteiger partial charge in [0.1, 0.15) is 0 Å². The number of fused-ring (bicyclic) bond motifs is 1. The molecule has 23 heavy (non-hydrogen) atoms. The smallest absolute Gasteiger partial charge is 0 e. The Labute approximate surface area is 196 Å². The van der Waals surface area contributed by atoms with E-state index in [0.717, 1.165) is 29.6 Å². The predicted octanol–water partition coefficient (Wildman–Crippen LogP) is 6.61. The van der Waals surface area contributed by atoms with Crippen molar-refractivity contribution in [2.75, 3.05) is 0 Å². The van der Waals surface area contributed by atoms with Crippen LogP contribution in [0.25, 0.3) is 0 Å². The molecule has 2 aliphatic rings. The molecule has 2 aliphatic carbocycles. The molecule has 0 aromatic heterocycles. The zero-order chi connectivity index (χ0) is 16.3. The van der Waals surface area contributed by atoms with Crippen molar-refractivity contribution in [3.05, 3.63) is 41.4 Å². The summed E-state index contributed by atoms with van der Waals surface area (Å²) in [7, 11) is 0. The minimum atomic E-state index is 0. The Kier molecular flexibility index (Phi) is 13.8. The zero-order valence-electron chi connectivity index (χ0n) is 16.6. The second-order valence-electron chi connectivity index (χ2n) is 7.15. The van der Waals surface area contributed by atoms with E-state index in [4.69, 9.17) is 0 Å². The first-order chi connectivity index (χ1) is 9.83. The average Bonchev–Trinajstić information content (AvgIpc) is 2.69. The summed E-state index contributed by atoms with van der Waals surface area (Å²) in [5.41, 5.74) is 6.39. The van der Waals surface area contributed by atoms with Crippen LogP contribution in [0.2, 0.25) is 0 Å². The van der Waals surface area contributed by atoms with Crippen LogP contribution in [0, 0.1) is 36.0 Å². The van der Waals surface area contributed by atoms with Crippen LogP contribution < -0.4 is 0 Å². The van der Waals surface area contributed by atoms with Crippen molar-refractivity contribution in [1.82, 2.24) is 0 Å². The standard InChI is InChI=1S/C18H28.C3H7.2Y/c1-8-9-16-12(4)15(7)17-13(5)10(2)11(3)14(6)18(16)17;1-3-2;;/h8,12,15-18H,1,9H2,2-7H3;3H,1-2H3;;/q;-1;;. The predicted molar refractivity (Wildman–Crippen MR) is 96.0 cm³/mol. The molecule has 0 saturated heterocycles. The molecule has 0 amide bonds. The fraction of sp³-hybridized carbons (Fsp3) is 0.667. The van der Waals surface area contributed by atoms with E-state index in [1.165, 1.54) is 6.42 Å². The van der Waals surface area contributed by atoms with Gasteiger partial charge in [-0.15, -0.1) is 6.58 Å². The monoisotopic (exact) mass is 465 g/mol. The number of rotatable bonds is 2. The molecule has 1 fully saturated rings. The van der Waals surface area contributed by atoms with Crippen LogP contribution in [-0.2, 0) is 65.4 Å². The largest absolute Gasteiger partial charge is 0.335 e. The fourth-order valence-electron chi connectivity index (χ4n) is 4.54. The summed E-state index contributed by atoms with van der Waals surface area (Å²) < 4.78 is 0. The van der Waals surface area contributed by atoms with E-state index in [-0.39, 0.29) is 65.4 Å². The van der Waals surface area contributed by atoms with Crippen molar-refractivity contribution in [3.63, 3.8) is 0 Å². The van der Waals surface area contributed by atoms with Crippen molar-refractivity contribution in [2.24, 2.45) is 29.6 Å². The molecule has 0 bridgehead atoms. The van der Waals surface area contributed by atoms with Gasteiger partial charge in [-0.1, -0.05) is 31.1 Å².